The molecular weight excluding hydrogens is 343 g/mol. The van der Waals surface area contributed by atoms with Crippen molar-refractivity contribution < 1.29 is 9.18 Å². The van der Waals surface area contributed by atoms with Crippen LogP contribution in [0.5, 0.6) is 0 Å². The van der Waals surface area contributed by atoms with E-state index in [1.165, 1.54) is 12.3 Å². The molecule has 0 saturated heterocycles. The Morgan fingerprint density at radius 3 is 2.74 bits per heavy atom. The molecule has 0 aliphatic carbocycles. The fourth-order valence-electron chi connectivity index (χ4n) is 2.57. The van der Waals surface area contributed by atoms with Crippen LogP contribution in [0.15, 0.2) is 66.9 Å². The first-order valence-corrected chi connectivity index (χ1v) is 8.40. The zero-order chi connectivity index (χ0) is 19.1. The predicted molar refractivity (Wildman–Crippen MR) is 102 cm³/mol. The summed E-state index contributed by atoms with van der Waals surface area (Å²) in [5.74, 6) is -0.600. The summed E-state index contributed by atoms with van der Waals surface area (Å²) in [4.78, 5) is 16.5. The minimum absolute atomic E-state index is 0.228. The molecule has 0 fully saturated rings. The van der Waals surface area contributed by atoms with Crippen LogP contribution in [0, 0.1) is 17.1 Å². The van der Waals surface area contributed by atoms with Gasteiger partial charge in [-0.1, -0.05) is 24.3 Å². The Bertz CT molecular complexity index is 997. The van der Waals surface area contributed by atoms with E-state index in [0.717, 1.165) is 5.69 Å². The number of nitrogens with zero attached hydrogens (tertiary/aromatic N) is 2. The number of carbonyl (C=O) groups excluding carboxylic acids is 1. The highest BCUT2D eigenvalue weighted by Crippen LogP contribution is 2.14. The molecule has 0 aliphatic heterocycles. The number of rotatable bonds is 6. The van der Waals surface area contributed by atoms with Crippen LogP contribution >= 0.6 is 0 Å². The fraction of sp³-hybridized carbons (Fsp3) is 0.0952. The monoisotopic (exact) mass is 360 g/mol. The van der Waals surface area contributed by atoms with Gasteiger partial charge in [-0.3, -0.25) is 9.78 Å². The smallest absolute Gasteiger partial charge is 0.274 e. The lowest BCUT2D eigenvalue weighted by atomic mass is 10.1. The Hall–Kier alpha value is -3.72. The lowest BCUT2D eigenvalue weighted by molar-refractivity contribution is 0.102. The van der Waals surface area contributed by atoms with Crippen molar-refractivity contribution >= 4 is 17.3 Å². The number of aromatic nitrogens is 1. The standard InChI is InChI=1S/C21H17FN4O/c22-19-7-2-1-5-16(19)8-10-24-17-9-11-25-20(13-17)21(27)26-18-6-3-4-15(12-18)14-23/h1-7,9,11-13H,8,10H2,(H,24,25)(H,26,27). The first-order valence-electron chi connectivity index (χ1n) is 8.40. The van der Waals surface area contributed by atoms with E-state index in [1.807, 2.05) is 6.07 Å². The first kappa shape index (κ1) is 18.1. The maximum absolute atomic E-state index is 13.6. The van der Waals surface area contributed by atoms with E-state index >= 15 is 0 Å². The lowest BCUT2D eigenvalue weighted by Crippen LogP contribution is -2.14. The van der Waals surface area contributed by atoms with Gasteiger partial charge in [-0.15, -0.1) is 0 Å². The van der Waals surface area contributed by atoms with E-state index in [-0.39, 0.29) is 17.4 Å². The fourth-order valence-corrected chi connectivity index (χ4v) is 2.57. The number of hydrogen-bond acceptors (Lipinski definition) is 4. The van der Waals surface area contributed by atoms with Crippen LogP contribution in [0.4, 0.5) is 15.8 Å². The third-order valence-corrected chi connectivity index (χ3v) is 3.92. The molecule has 2 N–H and O–H groups in total. The molecule has 1 amide bonds. The number of pyridine rings is 1. The Balaban J connectivity index is 1.62. The Morgan fingerprint density at radius 1 is 1.07 bits per heavy atom. The van der Waals surface area contributed by atoms with Gasteiger partial charge in [-0.25, -0.2) is 4.39 Å². The molecule has 0 atom stereocenters. The van der Waals surface area contributed by atoms with E-state index in [4.69, 9.17) is 5.26 Å². The van der Waals surface area contributed by atoms with Gasteiger partial charge in [0.05, 0.1) is 11.6 Å². The molecule has 27 heavy (non-hydrogen) atoms. The van der Waals surface area contributed by atoms with E-state index in [0.29, 0.717) is 29.8 Å². The number of nitriles is 1. The number of carbonyl (C=O) groups is 1. The van der Waals surface area contributed by atoms with E-state index in [1.54, 1.807) is 54.6 Å². The van der Waals surface area contributed by atoms with Gasteiger partial charge in [0.25, 0.3) is 5.91 Å². The van der Waals surface area contributed by atoms with Crippen molar-refractivity contribution in [3.8, 4) is 6.07 Å². The molecule has 0 radical (unpaired) electrons. The van der Waals surface area contributed by atoms with Crippen molar-refractivity contribution in [3.63, 3.8) is 0 Å². The van der Waals surface area contributed by atoms with Crippen LogP contribution in [-0.2, 0) is 6.42 Å². The molecule has 3 aromatic rings. The summed E-state index contributed by atoms with van der Waals surface area (Å²) in [5, 5.41) is 14.8. The van der Waals surface area contributed by atoms with Gasteiger partial charge in [0.2, 0.25) is 0 Å². The van der Waals surface area contributed by atoms with Crippen molar-refractivity contribution in [1.82, 2.24) is 4.98 Å². The number of hydrogen-bond donors (Lipinski definition) is 2. The molecule has 3 rings (SSSR count). The van der Waals surface area contributed by atoms with E-state index in [9.17, 15) is 9.18 Å². The van der Waals surface area contributed by atoms with Crippen molar-refractivity contribution in [1.29, 1.82) is 5.26 Å². The van der Waals surface area contributed by atoms with Crippen LogP contribution in [0.3, 0.4) is 0 Å². The summed E-state index contributed by atoms with van der Waals surface area (Å²) in [7, 11) is 0. The minimum atomic E-state index is -0.372. The average Bonchev–Trinajstić information content (AvgIpc) is 2.70. The van der Waals surface area contributed by atoms with E-state index < -0.39 is 0 Å². The molecule has 0 spiro atoms. The number of halogens is 1. The summed E-state index contributed by atoms with van der Waals surface area (Å²) in [5.41, 5.74) is 2.59. The Kier molecular flexibility index (Phi) is 5.75. The number of amides is 1. The van der Waals surface area contributed by atoms with Crippen LogP contribution in [-0.4, -0.2) is 17.4 Å². The quantitative estimate of drug-likeness (QED) is 0.696. The topological polar surface area (TPSA) is 77.8 Å². The van der Waals surface area contributed by atoms with Gasteiger partial charge in [0.15, 0.2) is 0 Å². The predicted octanol–water partition coefficient (Wildman–Crippen LogP) is 4.00. The molecular formula is C21H17FN4O. The molecule has 134 valence electrons. The van der Waals surface area contributed by atoms with Gasteiger partial charge in [0.1, 0.15) is 11.5 Å². The van der Waals surface area contributed by atoms with Crippen molar-refractivity contribution in [2.75, 3.05) is 17.2 Å². The average molecular weight is 360 g/mol. The second-order valence-electron chi connectivity index (χ2n) is 5.84. The van der Waals surface area contributed by atoms with Crippen molar-refractivity contribution in [2.45, 2.75) is 6.42 Å². The van der Waals surface area contributed by atoms with Crippen LogP contribution in [0.25, 0.3) is 0 Å². The minimum Gasteiger partial charge on any atom is -0.385 e. The largest absolute Gasteiger partial charge is 0.385 e. The number of anilines is 2. The second-order valence-corrected chi connectivity index (χ2v) is 5.84. The molecule has 2 aromatic carbocycles. The van der Waals surface area contributed by atoms with E-state index in [2.05, 4.69) is 15.6 Å². The van der Waals surface area contributed by atoms with Crippen molar-refractivity contribution in [2.24, 2.45) is 0 Å². The summed E-state index contributed by atoms with van der Waals surface area (Å²) in [6.45, 7) is 0.524. The molecule has 6 heteroatoms. The van der Waals surface area contributed by atoms with Crippen LogP contribution < -0.4 is 10.6 Å². The van der Waals surface area contributed by atoms with Gasteiger partial charge in [0, 0.05) is 24.1 Å². The normalized spacial score (nSPS) is 10.1. The van der Waals surface area contributed by atoms with Crippen LogP contribution in [0.1, 0.15) is 21.6 Å². The van der Waals surface area contributed by atoms with Crippen molar-refractivity contribution in [3.05, 3.63) is 89.5 Å². The van der Waals surface area contributed by atoms with Gasteiger partial charge >= 0.3 is 0 Å². The maximum atomic E-state index is 13.6. The molecule has 0 unspecified atom stereocenters. The first-order chi connectivity index (χ1) is 13.2. The SMILES string of the molecule is N#Cc1cccc(NC(=O)c2cc(NCCc3ccccc3F)ccn2)c1. The summed E-state index contributed by atoms with van der Waals surface area (Å²) in [6, 6.07) is 18.7. The molecule has 0 saturated carbocycles. The third kappa shape index (κ3) is 4.89. The molecule has 0 bridgehead atoms. The van der Waals surface area contributed by atoms with Crippen LogP contribution in [0.2, 0.25) is 0 Å². The number of nitrogens with one attached hydrogen (secondary N) is 2. The molecule has 1 heterocycles. The summed E-state index contributed by atoms with van der Waals surface area (Å²) >= 11 is 0. The molecule has 5 nitrogen and oxygen atoms in total. The zero-order valence-corrected chi connectivity index (χ0v) is 14.4. The highest BCUT2D eigenvalue weighted by molar-refractivity contribution is 6.03. The lowest BCUT2D eigenvalue weighted by Gasteiger charge is -2.09. The Morgan fingerprint density at radius 2 is 1.93 bits per heavy atom. The van der Waals surface area contributed by atoms with Gasteiger partial charge in [-0.05, 0) is 48.4 Å². The summed E-state index contributed by atoms with van der Waals surface area (Å²) in [6.07, 6.45) is 2.06. The summed E-state index contributed by atoms with van der Waals surface area (Å²) < 4.78 is 13.6. The number of benzene rings is 2. The van der Waals surface area contributed by atoms with Gasteiger partial charge < -0.3 is 10.6 Å². The van der Waals surface area contributed by atoms with Gasteiger partial charge in [-0.2, -0.15) is 5.26 Å². The third-order valence-electron chi connectivity index (χ3n) is 3.92. The highest BCUT2D eigenvalue weighted by atomic mass is 19.1. The Labute approximate surface area is 156 Å². The zero-order valence-electron chi connectivity index (χ0n) is 14.4. The molecule has 1 aromatic heterocycles. The second kappa shape index (κ2) is 8.59. The highest BCUT2D eigenvalue weighted by Gasteiger charge is 2.09. The molecule has 0 aliphatic rings. The maximum Gasteiger partial charge on any atom is 0.274 e.